The highest BCUT2D eigenvalue weighted by molar-refractivity contribution is 9.10. The molecular formula is C12H10BrN3O3. The van der Waals surface area contributed by atoms with Gasteiger partial charge in [0, 0.05) is 11.8 Å². The second kappa shape index (κ2) is 5.23. The number of carboxylic acid groups (broad SMARTS) is 1. The van der Waals surface area contributed by atoms with Gasteiger partial charge < -0.3 is 15.6 Å². The van der Waals surface area contributed by atoms with Crippen LogP contribution in [0.2, 0.25) is 0 Å². The zero-order chi connectivity index (χ0) is 14.0. The van der Waals surface area contributed by atoms with Crippen LogP contribution in [-0.4, -0.2) is 28.2 Å². The van der Waals surface area contributed by atoms with Crippen molar-refractivity contribution in [1.82, 2.24) is 9.97 Å². The molecule has 7 heteroatoms. The van der Waals surface area contributed by atoms with Crippen molar-refractivity contribution in [3.63, 3.8) is 0 Å². The number of hydrogen-bond donors (Lipinski definition) is 2. The third-order valence-electron chi connectivity index (χ3n) is 2.46. The maximum Gasteiger partial charge on any atom is 0.341 e. The van der Waals surface area contributed by atoms with Crippen molar-refractivity contribution in [2.75, 3.05) is 12.8 Å². The number of ether oxygens (including phenoxy) is 1. The largest absolute Gasteiger partial charge is 0.496 e. The molecule has 0 saturated heterocycles. The van der Waals surface area contributed by atoms with E-state index in [0.29, 0.717) is 17.1 Å². The lowest BCUT2D eigenvalue weighted by molar-refractivity contribution is 0.0697. The third kappa shape index (κ3) is 2.65. The third-order valence-corrected chi connectivity index (χ3v) is 3.08. The summed E-state index contributed by atoms with van der Waals surface area (Å²) >= 11 is 3.35. The van der Waals surface area contributed by atoms with Gasteiger partial charge in [0.15, 0.2) is 5.82 Å². The number of benzene rings is 1. The number of hydrogen-bond acceptors (Lipinski definition) is 5. The molecule has 0 radical (unpaired) electrons. The first-order valence-corrected chi connectivity index (χ1v) is 6.02. The molecular weight excluding hydrogens is 314 g/mol. The highest BCUT2D eigenvalue weighted by atomic mass is 79.9. The van der Waals surface area contributed by atoms with Gasteiger partial charge in [-0.25, -0.2) is 14.8 Å². The molecule has 0 aliphatic rings. The summed E-state index contributed by atoms with van der Waals surface area (Å²) in [5.41, 5.74) is 6.18. The molecule has 6 nitrogen and oxygen atoms in total. The average molecular weight is 324 g/mol. The van der Waals surface area contributed by atoms with Crippen LogP contribution in [0.1, 0.15) is 10.4 Å². The van der Waals surface area contributed by atoms with Crippen LogP contribution in [0.3, 0.4) is 0 Å². The number of halogens is 1. The molecule has 0 amide bonds. The minimum atomic E-state index is -1.15. The number of nitrogens with two attached hydrogens (primary N) is 1. The van der Waals surface area contributed by atoms with E-state index in [4.69, 9.17) is 15.6 Å². The van der Waals surface area contributed by atoms with Gasteiger partial charge in [0.05, 0.1) is 11.6 Å². The molecule has 3 N–H and O–H groups in total. The van der Waals surface area contributed by atoms with E-state index in [0.717, 1.165) is 4.47 Å². The first-order valence-electron chi connectivity index (χ1n) is 5.22. The first-order chi connectivity index (χ1) is 9.02. The van der Waals surface area contributed by atoms with Crippen molar-refractivity contribution in [2.24, 2.45) is 0 Å². The van der Waals surface area contributed by atoms with E-state index in [1.807, 2.05) is 0 Å². The molecule has 19 heavy (non-hydrogen) atoms. The molecule has 2 aromatic rings. The van der Waals surface area contributed by atoms with Crippen LogP contribution in [0.4, 0.5) is 5.82 Å². The fourth-order valence-corrected chi connectivity index (χ4v) is 2.05. The van der Waals surface area contributed by atoms with Crippen LogP contribution < -0.4 is 10.5 Å². The second-order valence-corrected chi connectivity index (χ2v) is 4.50. The molecule has 0 spiro atoms. The minimum absolute atomic E-state index is 0.0653. The molecule has 1 aromatic heterocycles. The van der Waals surface area contributed by atoms with Crippen molar-refractivity contribution >= 4 is 27.7 Å². The molecule has 0 aliphatic carbocycles. The van der Waals surface area contributed by atoms with Crippen LogP contribution in [0.15, 0.2) is 28.9 Å². The molecule has 0 aliphatic heterocycles. The zero-order valence-electron chi connectivity index (χ0n) is 9.92. The number of nitrogen functional groups attached to an aromatic ring is 1. The first kappa shape index (κ1) is 13.3. The van der Waals surface area contributed by atoms with Gasteiger partial charge in [-0.1, -0.05) is 0 Å². The Bertz CT molecular complexity index is 646. The summed E-state index contributed by atoms with van der Waals surface area (Å²) in [7, 11) is 1.57. The molecule has 0 fully saturated rings. The molecule has 1 heterocycles. The number of carboxylic acids is 1. The predicted molar refractivity (Wildman–Crippen MR) is 73.1 cm³/mol. The molecule has 0 atom stereocenters. The van der Waals surface area contributed by atoms with E-state index in [1.54, 1.807) is 25.3 Å². The fraction of sp³-hybridized carbons (Fsp3) is 0.0833. The van der Waals surface area contributed by atoms with E-state index in [9.17, 15) is 4.79 Å². The summed E-state index contributed by atoms with van der Waals surface area (Å²) in [6.45, 7) is 0. The lowest BCUT2D eigenvalue weighted by atomic mass is 10.2. The van der Waals surface area contributed by atoms with Crippen LogP contribution in [0.25, 0.3) is 11.4 Å². The maximum atomic E-state index is 10.8. The summed E-state index contributed by atoms with van der Waals surface area (Å²) in [4.78, 5) is 18.8. The van der Waals surface area contributed by atoms with Gasteiger partial charge in [-0.3, -0.25) is 0 Å². The summed E-state index contributed by atoms with van der Waals surface area (Å²) in [6.07, 6.45) is 1.19. The van der Waals surface area contributed by atoms with E-state index in [2.05, 4.69) is 25.9 Å². The number of aromatic carboxylic acids is 1. The number of anilines is 1. The number of aromatic nitrogens is 2. The highest BCUT2D eigenvalue weighted by Gasteiger charge is 2.12. The van der Waals surface area contributed by atoms with Crippen LogP contribution in [0.5, 0.6) is 5.75 Å². The Morgan fingerprint density at radius 3 is 2.74 bits per heavy atom. The molecule has 1 aromatic carbocycles. The number of nitrogens with zero attached hydrogens (tertiary/aromatic N) is 2. The van der Waals surface area contributed by atoms with Gasteiger partial charge in [-0.2, -0.15) is 0 Å². The zero-order valence-corrected chi connectivity index (χ0v) is 11.5. The fourth-order valence-electron chi connectivity index (χ4n) is 1.50. The average Bonchev–Trinajstić information content (AvgIpc) is 2.38. The van der Waals surface area contributed by atoms with Gasteiger partial charge in [-0.05, 0) is 34.1 Å². The van der Waals surface area contributed by atoms with Crippen molar-refractivity contribution in [3.05, 3.63) is 34.4 Å². The summed E-state index contributed by atoms with van der Waals surface area (Å²) in [6, 6.07) is 5.29. The van der Waals surface area contributed by atoms with Crippen LogP contribution in [-0.2, 0) is 0 Å². The van der Waals surface area contributed by atoms with Gasteiger partial charge in [0.2, 0.25) is 0 Å². The summed E-state index contributed by atoms with van der Waals surface area (Å²) in [5.74, 6) is -0.186. The molecule has 0 saturated carbocycles. The van der Waals surface area contributed by atoms with Crippen LogP contribution >= 0.6 is 15.9 Å². The van der Waals surface area contributed by atoms with E-state index < -0.39 is 5.97 Å². The summed E-state index contributed by atoms with van der Waals surface area (Å²) in [5, 5.41) is 8.86. The van der Waals surface area contributed by atoms with Gasteiger partial charge in [-0.15, -0.1) is 0 Å². The standard InChI is InChI=1S/C12H10BrN3O3/c1-19-9-3-2-6(4-8(9)13)11-15-5-7(12(17)18)10(14)16-11/h2-5H,1H3,(H,17,18)(H2,14,15,16). The van der Waals surface area contributed by atoms with E-state index in [1.165, 1.54) is 6.20 Å². The lowest BCUT2D eigenvalue weighted by Gasteiger charge is -2.06. The van der Waals surface area contributed by atoms with Crippen molar-refractivity contribution in [3.8, 4) is 17.1 Å². The molecule has 2 rings (SSSR count). The second-order valence-electron chi connectivity index (χ2n) is 3.65. The molecule has 0 unspecified atom stereocenters. The van der Waals surface area contributed by atoms with E-state index in [-0.39, 0.29) is 11.4 Å². The lowest BCUT2D eigenvalue weighted by Crippen LogP contribution is -2.06. The van der Waals surface area contributed by atoms with Gasteiger partial charge in [0.1, 0.15) is 17.1 Å². The summed E-state index contributed by atoms with van der Waals surface area (Å²) < 4.78 is 5.87. The number of rotatable bonds is 3. The quantitative estimate of drug-likeness (QED) is 0.898. The van der Waals surface area contributed by atoms with Gasteiger partial charge >= 0.3 is 5.97 Å². The van der Waals surface area contributed by atoms with Crippen molar-refractivity contribution < 1.29 is 14.6 Å². The predicted octanol–water partition coefficient (Wildman–Crippen LogP) is 2.20. The number of carbonyl (C=O) groups is 1. The Morgan fingerprint density at radius 1 is 1.47 bits per heavy atom. The highest BCUT2D eigenvalue weighted by Crippen LogP contribution is 2.29. The Balaban J connectivity index is 2.45. The Morgan fingerprint density at radius 2 is 2.21 bits per heavy atom. The smallest absolute Gasteiger partial charge is 0.341 e. The SMILES string of the molecule is COc1ccc(-c2ncc(C(=O)O)c(N)n2)cc1Br. The normalized spacial score (nSPS) is 10.2. The minimum Gasteiger partial charge on any atom is -0.496 e. The topological polar surface area (TPSA) is 98.3 Å². The molecule has 98 valence electrons. The Labute approximate surface area is 117 Å². The van der Waals surface area contributed by atoms with Gasteiger partial charge in [0.25, 0.3) is 0 Å². The van der Waals surface area contributed by atoms with Crippen LogP contribution in [0, 0.1) is 0 Å². The van der Waals surface area contributed by atoms with E-state index >= 15 is 0 Å². The number of methoxy groups -OCH3 is 1. The Kier molecular flexibility index (Phi) is 3.66. The van der Waals surface area contributed by atoms with Crippen molar-refractivity contribution in [1.29, 1.82) is 0 Å². The van der Waals surface area contributed by atoms with Crippen molar-refractivity contribution in [2.45, 2.75) is 0 Å². The molecule has 0 bridgehead atoms. The Hall–Kier alpha value is -2.15. The monoisotopic (exact) mass is 323 g/mol. The maximum absolute atomic E-state index is 10.8.